The van der Waals surface area contributed by atoms with Crippen LogP contribution in [-0.2, 0) is 0 Å². The van der Waals surface area contributed by atoms with Gasteiger partial charge in [0.15, 0.2) is 0 Å². The van der Waals surface area contributed by atoms with Gasteiger partial charge in [-0.1, -0.05) is 6.07 Å². The van der Waals surface area contributed by atoms with Gasteiger partial charge in [0.05, 0.1) is 18.0 Å². The van der Waals surface area contributed by atoms with Crippen molar-refractivity contribution < 1.29 is 4.74 Å². The lowest BCUT2D eigenvalue weighted by Gasteiger charge is -2.07. The maximum atomic E-state index is 5.91. The fourth-order valence-electron chi connectivity index (χ4n) is 1.59. The molecule has 1 aromatic carbocycles. The molecule has 0 saturated carbocycles. The minimum absolute atomic E-state index is 0.713. The van der Waals surface area contributed by atoms with E-state index in [0.717, 1.165) is 22.3 Å². The van der Waals surface area contributed by atoms with Crippen molar-refractivity contribution in [3.05, 3.63) is 30.0 Å². The van der Waals surface area contributed by atoms with Gasteiger partial charge in [-0.2, -0.15) is 0 Å². The molecule has 0 spiro atoms. The lowest BCUT2D eigenvalue weighted by atomic mass is 10.1. The van der Waals surface area contributed by atoms with E-state index in [1.807, 2.05) is 31.2 Å². The summed E-state index contributed by atoms with van der Waals surface area (Å²) in [5.41, 5.74) is 8.42. The largest absolute Gasteiger partial charge is 0.496 e. The van der Waals surface area contributed by atoms with Crippen LogP contribution in [0, 0.1) is 6.92 Å². The molecule has 0 amide bonds. The molecule has 0 fully saturated rings. The zero-order valence-electron chi connectivity index (χ0n) is 8.24. The number of ether oxygens (including phenoxy) is 1. The van der Waals surface area contributed by atoms with Gasteiger partial charge in [0.2, 0.25) is 0 Å². The van der Waals surface area contributed by atoms with Gasteiger partial charge in [-0.15, -0.1) is 0 Å². The quantitative estimate of drug-likeness (QED) is 0.745. The predicted molar refractivity (Wildman–Crippen MR) is 57.4 cm³/mol. The van der Waals surface area contributed by atoms with Crippen molar-refractivity contribution in [3.8, 4) is 5.75 Å². The molecule has 2 rings (SSSR count). The number of methoxy groups -OCH3 is 1. The van der Waals surface area contributed by atoms with Crippen LogP contribution in [0.1, 0.15) is 5.69 Å². The summed E-state index contributed by atoms with van der Waals surface area (Å²) in [6, 6.07) is 7.58. The maximum absolute atomic E-state index is 5.91. The first-order valence-corrected chi connectivity index (χ1v) is 4.42. The minimum Gasteiger partial charge on any atom is -0.496 e. The first-order valence-electron chi connectivity index (χ1n) is 4.42. The van der Waals surface area contributed by atoms with E-state index in [0.29, 0.717) is 5.69 Å². The number of nitrogens with two attached hydrogens (primary N) is 1. The summed E-state index contributed by atoms with van der Waals surface area (Å²) in [5.74, 6) is 0.771. The number of fused-ring (bicyclic) bond motifs is 1. The Labute approximate surface area is 82.5 Å². The second-order valence-electron chi connectivity index (χ2n) is 3.21. The number of nitrogen functional groups attached to an aromatic ring is 1. The summed E-state index contributed by atoms with van der Waals surface area (Å²) in [5, 5.41) is 0.889. The molecule has 72 valence electrons. The first-order chi connectivity index (χ1) is 6.72. The summed E-state index contributed by atoms with van der Waals surface area (Å²) in [4.78, 5) is 4.39. The third-order valence-corrected chi connectivity index (χ3v) is 2.17. The molecule has 0 radical (unpaired) electrons. The molecule has 3 heteroatoms. The Morgan fingerprint density at radius 2 is 2.14 bits per heavy atom. The smallest absolute Gasteiger partial charge is 0.130 e. The number of nitrogens with zero attached hydrogens (tertiary/aromatic N) is 1. The van der Waals surface area contributed by atoms with E-state index in [9.17, 15) is 0 Å². The summed E-state index contributed by atoms with van der Waals surface area (Å²) in [6.45, 7) is 1.93. The number of aromatic nitrogens is 1. The number of benzene rings is 1. The third-order valence-electron chi connectivity index (χ3n) is 2.17. The van der Waals surface area contributed by atoms with Crippen molar-refractivity contribution in [1.29, 1.82) is 0 Å². The van der Waals surface area contributed by atoms with Crippen LogP contribution in [-0.4, -0.2) is 12.1 Å². The highest BCUT2D eigenvalue weighted by Gasteiger charge is 2.05. The summed E-state index contributed by atoms with van der Waals surface area (Å²) < 4.78 is 5.23. The van der Waals surface area contributed by atoms with Crippen molar-refractivity contribution in [2.75, 3.05) is 12.8 Å². The van der Waals surface area contributed by atoms with Crippen LogP contribution >= 0.6 is 0 Å². The topological polar surface area (TPSA) is 48.1 Å². The van der Waals surface area contributed by atoms with Gasteiger partial charge in [0.1, 0.15) is 5.75 Å². The van der Waals surface area contributed by atoms with E-state index < -0.39 is 0 Å². The zero-order valence-corrected chi connectivity index (χ0v) is 8.24. The molecule has 3 nitrogen and oxygen atoms in total. The lowest BCUT2D eigenvalue weighted by Crippen LogP contribution is -1.94. The zero-order chi connectivity index (χ0) is 10.1. The number of aryl methyl sites for hydroxylation is 1. The van der Waals surface area contributed by atoms with E-state index in [-0.39, 0.29) is 0 Å². The van der Waals surface area contributed by atoms with Crippen molar-refractivity contribution >= 4 is 16.6 Å². The molecular weight excluding hydrogens is 176 g/mol. The van der Waals surface area contributed by atoms with E-state index in [1.54, 1.807) is 7.11 Å². The molecule has 0 bridgehead atoms. The van der Waals surface area contributed by atoms with Crippen LogP contribution in [0.15, 0.2) is 24.3 Å². The number of rotatable bonds is 1. The molecular formula is C11H12N2O. The average molecular weight is 188 g/mol. The molecule has 2 aromatic rings. The van der Waals surface area contributed by atoms with Gasteiger partial charge >= 0.3 is 0 Å². The lowest BCUT2D eigenvalue weighted by molar-refractivity contribution is 0.420. The SMILES string of the molecule is COc1cccc2nc(C)cc(N)c12. The average Bonchev–Trinajstić information content (AvgIpc) is 2.16. The fourth-order valence-corrected chi connectivity index (χ4v) is 1.59. The monoisotopic (exact) mass is 188 g/mol. The molecule has 14 heavy (non-hydrogen) atoms. The van der Waals surface area contributed by atoms with Crippen LogP contribution in [0.2, 0.25) is 0 Å². The van der Waals surface area contributed by atoms with Gasteiger partial charge in [-0.25, -0.2) is 0 Å². The van der Waals surface area contributed by atoms with Crippen LogP contribution < -0.4 is 10.5 Å². The number of hydrogen-bond donors (Lipinski definition) is 1. The Hall–Kier alpha value is -1.77. The van der Waals surface area contributed by atoms with Crippen molar-refractivity contribution in [1.82, 2.24) is 4.98 Å². The summed E-state index contributed by atoms with van der Waals surface area (Å²) in [7, 11) is 1.63. The summed E-state index contributed by atoms with van der Waals surface area (Å²) >= 11 is 0. The van der Waals surface area contributed by atoms with Gasteiger partial charge in [-0.3, -0.25) is 4.98 Å². The number of hydrogen-bond acceptors (Lipinski definition) is 3. The molecule has 0 aliphatic rings. The van der Waals surface area contributed by atoms with Gasteiger partial charge in [0, 0.05) is 11.4 Å². The van der Waals surface area contributed by atoms with Crippen LogP contribution in [0.3, 0.4) is 0 Å². The van der Waals surface area contributed by atoms with Crippen LogP contribution in [0.5, 0.6) is 5.75 Å². The molecule has 0 unspecified atom stereocenters. The highest BCUT2D eigenvalue weighted by molar-refractivity contribution is 5.95. The summed E-state index contributed by atoms with van der Waals surface area (Å²) in [6.07, 6.45) is 0. The molecule has 0 aliphatic carbocycles. The Morgan fingerprint density at radius 1 is 1.36 bits per heavy atom. The Kier molecular flexibility index (Phi) is 2.00. The van der Waals surface area contributed by atoms with Crippen LogP contribution in [0.4, 0.5) is 5.69 Å². The van der Waals surface area contributed by atoms with E-state index in [1.165, 1.54) is 0 Å². The second kappa shape index (κ2) is 3.18. The van der Waals surface area contributed by atoms with Gasteiger partial charge < -0.3 is 10.5 Å². The molecule has 1 heterocycles. The van der Waals surface area contributed by atoms with Gasteiger partial charge in [0.25, 0.3) is 0 Å². The molecule has 0 aliphatic heterocycles. The first kappa shape index (κ1) is 8.81. The normalized spacial score (nSPS) is 10.4. The van der Waals surface area contributed by atoms with Crippen molar-refractivity contribution in [2.24, 2.45) is 0 Å². The fraction of sp³-hybridized carbons (Fsp3) is 0.182. The van der Waals surface area contributed by atoms with Gasteiger partial charge in [-0.05, 0) is 25.1 Å². The Bertz CT molecular complexity index is 480. The van der Waals surface area contributed by atoms with Crippen molar-refractivity contribution in [2.45, 2.75) is 6.92 Å². The Morgan fingerprint density at radius 3 is 2.86 bits per heavy atom. The molecule has 0 saturated heterocycles. The number of anilines is 1. The third kappa shape index (κ3) is 1.27. The van der Waals surface area contributed by atoms with E-state index in [4.69, 9.17) is 10.5 Å². The molecule has 2 N–H and O–H groups in total. The van der Waals surface area contributed by atoms with E-state index in [2.05, 4.69) is 4.98 Å². The second-order valence-corrected chi connectivity index (χ2v) is 3.21. The standard InChI is InChI=1S/C11H12N2O/c1-7-6-8(12)11-9(13-7)4-3-5-10(11)14-2/h3-6H,1-2H3,(H2,12,13). The Balaban J connectivity index is 2.87. The molecule has 1 aromatic heterocycles. The maximum Gasteiger partial charge on any atom is 0.130 e. The van der Waals surface area contributed by atoms with Crippen LogP contribution in [0.25, 0.3) is 10.9 Å². The molecule has 0 atom stereocenters. The predicted octanol–water partition coefficient (Wildman–Crippen LogP) is 2.13. The van der Waals surface area contributed by atoms with Crippen molar-refractivity contribution in [3.63, 3.8) is 0 Å². The van der Waals surface area contributed by atoms with E-state index >= 15 is 0 Å². The highest BCUT2D eigenvalue weighted by Crippen LogP contribution is 2.29. The highest BCUT2D eigenvalue weighted by atomic mass is 16.5. The number of pyridine rings is 1. The minimum atomic E-state index is 0.713.